The summed E-state index contributed by atoms with van der Waals surface area (Å²) in [6, 6.07) is 6.12. The summed E-state index contributed by atoms with van der Waals surface area (Å²) in [6.07, 6.45) is 4.09. The maximum absolute atomic E-state index is 15.3. The highest BCUT2D eigenvalue weighted by Crippen LogP contribution is 2.41. The van der Waals surface area contributed by atoms with Crippen LogP contribution in [0.25, 0.3) is 0 Å². The fourth-order valence-electron chi connectivity index (χ4n) is 5.82. The lowest BCUT2D eigenvalue weighted by Crippen LogP contribution is -2.55. The number of anilines is 1. The fraction of sp³-hybridized carbons (Fsp3) is 0.514. The smallest absolute Gasteiger partial charge is 0.410 e. The molecule has 1 aliphatic heterocycles. The van der Waals surface area contributed by atoms with Crippen LogP contribution in [0.5, 0.6) is 5.75 Å². The number of hydrogen-bond acceptors (Lipinski definition) is 8. The first-order valence-corrected chi connectivity index (χ1v) is 16.5. The second-order valence-electron chi connectivity index (χ2n) is 13.5. The minimum atomic E-state index is -0.770. The molecule has 1 aliphatic carbocycles. The number of aryl methyl sites for hydroxylation is 2. The van der Waals surface area contributed by atoms with Gasteiger partial charge in [-0.1, -0.05) is 0 Å². The van der Waals surface area contributed by atoms with Crippen LogP contribution in [0.3, 0.4) is 0 Å². The maximum Gasteiger partial charge on any atom is 0.410 e. The summed E-state index contributed by atoms with van der Waals surface area (Å²) in [6.45, 7) is 13.6. The fourth-order valence-corrected chi connectivity index (χ4v) is 5.82. The van der Waals surface area contributed by atoms with Crippen molar-refractivity contribution in [1.82, 2.24) is 29.9 Å². The van der Waals surface area contributed by atoms with Crippen molar-refractivity contribution in [2.45, 2.75) is 84.6 Å². The van der Waals surface area contributed by atoms with E-state index in [1.54, 1.807) is 41.0 Å². The quantitative estimate of drug-likeness (QED) is 0.299. The van der Waals surface area contributed by atoms with Crippen molar-refractivity contribution in [3.05, 3.63) is 70.4 Å². The topological polar surface area (TPSA) is 131 Å². The Kier molecular flexibility index (Phi) is 10.4. The predicted octanol–water partition coefficient (Wildman–Crippen LogP) is 5.30. The van der Waals surface area contributed by atoms with E-state index >= 15 is 4.39 Å². The molecular weight excluding hydrogens is 617 g/mol. The van der Waals surface area contributed by atoms with Gasteiger partial charge in [-0.2, -0.15) is 5.10 Å². The van der Waals surface area contributed by atoms with Crippen LogP contribution >= 0.6 is 0 Å². The van der Waals surface area contributed by atoms with Gasteiger partial charge in [0.1, 0.15) is 17.2 Å². The van der Waals surface area contributed by atoms with E-state index in [-0.39, 0.29) is 40.7 Å². The van der Waals surface area contributed by atoms with Crippen molar-refractivity contribution in [3.8, 4) is 5.75 Å². The molecule has 48 heavy (non-hydrogen) atoms. The van der Waals surface area contributed by atoms with Gasteiger partial charge in [0.05, 0.1) is 11.3 Å². The van der Waals surface area contributed by atoms with Crippen LogP contribution in [0.15, 0.2) is 36.7 Å². The molecule has 5 rings (SSSR count). The Morgan fingerprint density at radius 3 is 2.46 bits per heavy atom. The zero-order chi connectivity index (χ0) is 34.7. The number of rotatable bonds is 10. The molecule has 2 N–H and O–H groups in total. The Labute approximate surface area is 281 Å². The van der Waals surface area contributed by atoms with Gasteiger partial charge in [0.2, 0.25) is 0 Å². The number of benzene rings is 1. The molecule has 13 heteroatoms. The maximum atomic E-state index is 15.3. The van der Waals surface area contributed by atoms with Crippen LogP contribution in [0.1, 0.15) is 97.0 Å². The number of nitrogens with one attached hydrogen (secondary N) is 2. The van der Waals surface area contributed by atoms with Crippen molar-refractivity contribution in [2.75, 3.05) is 38.5 Å². The second-order valence-corrected chi connectivity index (χ2v) is 13.5. The SMILES string of the molecule is CCn1ccc(NC(=O)c2cc(C(=O)NC)c(O[C@H](CN3CCN(C(=O)OC(C)(C)C)[C@H](C)C3)c3cc(F)c(C4CC4)cn3)cc2C)n1. The average molecular weight is 664 g/mol. The molecule has 12 nitrogen and oxygen atoms in total. The van der Waals surface area contributed by atoms with E-state index in [1.807, 2.05) is 34.6 Å². The van der Waals surface area contributed by atoms with Gasteiger partial charge in [0.25, 0.3) is 11.8 Å². The number of amides is 3. The summed E-state index contributed by atoms with van der Waals surface area (Å²) in [4.78, 5) is 47.8. The number of pyridine rings is 1. The van der Waals surface area contributed by atoms with Gasteiger partial charge in [-0.15, -0.1) is 0 Å². The van der Waals surface area contributed by atoms with Crippen LogP contribution in [-0.4, -0.2) is 87.3 Å². The third kappa shape index (κ3) is 8.30. The molecule has 0 bridgehead atoms. The molecule has 2 atom stereocenters. The Morgan fingerprint density at radius 2 is 1.85 bits per heavy atom. The van der Waals surface area contributed by atoms with Gasteiger partial charge in [0.15, 0.2) is 11.9 Å². The zero-order valence-electron chi connectivity index (χ0n) is 28.8. The predicted molar refractivity (Wildman–Crippen MR) is 179 cm³/mol. The molecule has 0 spiro atoms. The molecule has 1 aromatic carbocycles. The van der Waals surface area contributed by atoms with E-state index in [9.17, 15) is 14.4 Å². The van der Waals surface area contributed by atoms with Crippen LogP contribution in [0.2, 0.25) is 0 Å². The lowest BCUT2D eigenvalue weighted by molar-refractivity contribution is -0.00319. The Balaban J connectivity index is 1.42. The number of carbonyl (C=O) groups is 3. The Morgan fingerprint density at radius 1 is 1.10 bits per heavy atom. The molecule has 2 fully saturated rings. The number of carbonyl (C=O) groups excluding carboxylic acids is 3. The van der Waals surface area contributed by atoms with E-state index in [1.165, 1.54) is 19.2 Å². The monoisotopic (exact) mass is 663 g/mol. The van der Waals surface area contributed by atoms with Gasteiger partial charge in [-0.05, 0) is 84.1 Å². The molecular formula is C35H46FN7O5. The highest BCUT2D eigenvalue weighted by Gasteiger charge is 2.34. The van der Waals surface area contributed by atoms with Gasteiger partial charge < -0.3 is 25.0 Å². The van der Waals surface area contributed by atoms with E-state index in [0.29, 0.717) is 55.4 Å². The summed E-state index contributed by atoms with van der Waals surface area (Å²) >= 11 is 0. The molecule has 3 heterocycles. The van der Waals surface area contributed by atoms with Crippen molar-refractivity contribution >= 4 is 23.7 Å². The molecule has 3 amide bonds. The van der Waals surface area contributed by atoms with Crippen LogP contribution in [0, 0.1) is 12.7 Å². The lowest BCUT2D eigenvalue weighted by Gasteiger charge is -2.41. The number of piperazine rings is 1. The summed E-state index contributed by atoms with van der Waals surface area (Å²) in [5.41, 5.74) is 1.38. The van der Waals surface area contributed by atoms with Gasteiger partial charge in [-0.3, -0.25) is 24.2 Å². The van der Waals surface area contributed by atoms with Crippen LogP contribution in [-0.2, 0) is 11.3 Å². The molecule has 0 unspecified atom stereocenters. The second kappa shape index (κ2) is 14.3. The molecule has 2 aliphatic rings. The summed E-state index contributed by atoms with van der Waals surface area (Å²) in [7, 11) is 1.50. The van der Waals surface area contributed by atoms with Crippen molar-refractivity contribution < 1.29 is 28.2 Å². The number of hydrogen-bond donors (Lipinski definition) is 2. The van der Waals surface area contributed by atoms with Crippen LogP contribution < -0.4 is 15.4 Å². The molecule has 2 aromatic heterocycles. The van der Waals surface area contributed by atoms with Crippen molar-refractivity contribution in [2.24, 2.45) is 0 Å². The third-order valence-corrected chi connectivity index (χ3v) is 8.53. The van der Waals surface area contributed by atoms with Gasteiger partial charge in [-0.25, -0.2) is 9.18 Å². The largest absolute Gasteiger partial charge is 0.482 e. The van der Waals surface area contributed by atoms with Gasteiger partial charge >= 0.3 is 6.09 Å². The summed E-state index contributed by atoms with van der Waals surface area (Å²) in [5, 5.41) is 9.74. The zero-order valence-corrected chi connectivity index (χ0v) is 28.8. The lowest BCUT2D eigenvalue weighted by atomic mass is 10.0. The van der Waals surface area contributed by atoms with Crippen molar-refractivity contribution in [1.29, 1.82) is 0 Å². The summed E-state index contributed by atoms with van der Waals surface area (Å²) in [5.74, 6) is -0.386. The van der Waals surface area contributed by atoms with Crippen molar-refractivity contribution in [3.63, 3.8) is 0 Å². The Bertz CT molecular complexity index is 1670. The number of nitrogens with zero attached hydrogens (tertiary/aromatic N) is 5. The number of ether oxygens (including phenoxy) is 2. The van der Waals surface area contributed by atoms with E-state index in [0.717, 1.165) is 12.8 Å². The minimum Gasteiger partial charge on any atom is -0.482 e. The summed E-state index contributed by atoms with van der Waals surface area (Å²) < 4.78 is 29.2. The molecule has 1 saturated heterocycles. The highest BCUT2D eigenvalue weighted by atomic mass is 19.1. The molecule has 258 valence electrons. The van der Waals surface area contributed by atoms with E-state index in [4.69, 9.17) is 9.47 Å². The standard InChI is InChI=1S/C35H46FN7O5/c1-8-42-12-11-31(40-42)39-33(45)24-16-25(32(44)37-7)29(15-21(24)2)47-30(28-17-27(36)26(18-38-28)23-9-10-23)20-41-13-14-43(22(3)19-41)34(46)48-35(4,5)6/h11-12,15-18,22-23,30H,8-10,13-14,19-20H2,1-7H3,(H,37,44)(H,39,40,45)/t22-,30-/m1/s1. The normalized spacial score (nSPS) is 17.5. The molecule has 0 radical (unpaired) electrons. The first kappa shape index (κ1) is 34.8. The number of halogens is 1. The third-order valence-electron chi connectivity index (χ3n) is 8.53. The van der Waals surface area contributed by atoms with Crippen LogP contribution in [0.4, 0.5) is 15.0 Å². The molecule has 1 saturated carbocycles. The average Bonchev–Trinajstić information content (AvgIpc) is 3.77. The van der Waals surface area contributed by atoms with E-state index in [2.05, 4.69) is 25.6 Å². The highest BCUT2D eigenvalue weighted by molar-refractivity contribution is 6.07. The first-order chi connectivity index (χ1) is 22.8. The van der Waals surface area contributed by atoms with Gasteiger partial charge in [0, 0.05) is 75.4 Å². The number of aromatic nitrogens is 3. The minimum absolute atomic E-state index is 0.149. The molecule has 3 aromatic rings. The van der Waals surface area contributed by atoms with E-state index < -0.39 is 23.5 Å². The first-order valence-electron chi connectivity index (χ1n) is 16.5. The Hall–Kier alpha value is -4.52.